The molecule has 11 N–H and O–H groups in total. The fourth-order valence-corrected chi connectivity index (χ4v) is 4.86. The van der Waals surface area contributed by atoms with Gasteiger partial charge in [0.05, 0.1) is 19.8 Å². The number of hydrogen-bond acceptors (Lipinski definition) is 16. The van der Waals surface area contributed by atoms with E-state index in [-0.39, 0.29) is 0 Å². The first kappa shape index (κ1) is 32.9. The second kappa shape index (κ2) is 14.0. The van der Waals surface area contributed by atoms with Crippen molar-refractivity contribution < 1.29 is 79.2 Å². The van der Waals surface area contributed by atoms with Crippen LogP contribution in [0.3, 0.4) is 0 Å². The molecule has 0 bridgehead atoms. The Morgan fingerprint density at radius 2 is 1.02 bits per heavy atom. The van der Waals surface area contributed by atoms with E-state index in [0.717, 1.165) is 13.8 Å². The minimum Gasteiger partial charge on any atom is -0.394 e. The van der Waals surface area contributed by atoms with Gasteiger partial charge in [0.1, 0.15) is 73.1 Å². The Hall–Kier alpha value is -1.62. The Morgan fingerprint density at radius 1 is 0.600 bits per heavy atom. The number of aliphatic hydroxyl groups is 9. The summed E-state index contributed by atoms with van der Waals surface area (Å²) in [5.74, 6) is -1.35. The van der Waals surface area contributed by atoms with E-state index in [0.29, 0.717) is 0 Å². The molecule has 0 aromatic rings. The van der Waals surface area contributed by atoms with Crippen LogP contribution in [-0.4, -0.2) is 170 Å². The van der Waals surface area contributed by atoms with Gasteiger partial charge in [0, 0.05) is 13.8 Å². The second-order valence-electron chi connectivity index (χ2n) is 9.81. The molecule has 18 nitrogen and oxygen atoms in total. The summed E-state index contributed by atoms with van der Waals surface area (Å²) in [6.07, 6.45) is -21.4. The van der Waals surface area contributed by atoms with Gasteiger partial charge >= 0.3 is 0 Å². The van der Waals surface area contributed by atoms with E-state index in [2.05, 4.69) is 10.6 Å². The molecule has 0 aromatic heterocycles. The van der Waals surface area contributed by atoms with Crippen LogP contribution in [0.2, 0.25) is 0 Å². The van der Waals surface area contributed by atoms with Crippen LogP contribution in [0, 0.1) is 0 Å². The molecule has 40 heavy (non-hydrogen) atoms. The Balaban J connectivity index is 1.95. The van der Waals surface area contributed by atoms with Gasteiger partial charge in [0.2, 0.25) is 11.8 Å². The fourth-order valence-electron chi connectivity index (χ4n) is 4.86. The Kier molecular flexibility index (Phi) is 11.5. The lowest BCUT2D eigenvalue weighted by Gasteiger charge is -2.49. The van der Waals surface area contributed by atoms with Gasteiger partial charge in [-0.2, -0.15) is 0 Å². The molecule has 15 atom stereocenters. The van der Waals surface area contributed by atoms with Crippen LogP contribution < -0.4 is 10.6 Å². The van der Waals surface area contributed by atoms with Gasteiger partial charge < -0.3 is 80.3 Å². The smallest absolute Gasteiger partial charge is 0.217 e. The van der Waals surface area contributed by atoms with Gasteiger partial charge in [-0.3, -0.25) is 9.59 Å². The molecule has 0 spiro atoms. The number of carbonyl (C=O) groups excluding carboxylic acids is 2. The Bertz CT molecular complexity index is 854. The van der Waals surface area contributed by atoms with Crippen LogP contribution in [0.4, 0.5) is 0 Å². The summed E-state index contributed by atoms with van der Waals surface area (Å²) < 4.78 is 27.7. The summed E-state index contributed by atoms with van der Waals surface area (Å²) in [6.45, 7) is -0.146. The number of aliphatic hydroxyl groups excluding tert-OH is 9. The highest BCUT2D eigenvalue weighted by molar-refractivity contribution is 5.73. The van der Waals surface area contributed by atoms with Crippen molar-refractivity contribution in [2.24, 2.45) is 0 Å². The number of nitrogens with one attached hydrogen (secondary N) is 2. The minimum atomic E-state index is -1.89. The van der Waals surface area contributed by atoms with Crippen molar-refractivity contribution in [2.45, 2.75) is 106 Å². The van der Waals surface area contributed by atoms with Crippen molar-refractivity contribution in [3.8, 4) is 0 Å². The molecule has 3 saturated heterocycles. The van der Waals surface area contributed by atoms with Crippen LogP contribution in [-0.2, 0) is 33.3 Å². The van der Waals surface area contributed by atoms with Gasteiger partial charge in [0.15, 0.2) is 18.9 Å². The molecule has 18 heteroatoms. The number of ether oxygens (including phenoxy) is 5. The van der Waals surface area contributed by atoms with Crippen LogP contribution in [0.15, 0.2) is 0 Å². The molecule has 0 aliphatic carbocycles. The summed E-state index contributed by atoms with van der Waals surface area (Å²) in [5.41, 5.74) is 0. The zero-order valence-electron chi connectivity index (χ0n) is 21.7. The molecule has 3 rings (SSSR count). The zero-order chi connectivity index (χ0) is 29.9. The molecular formula is C22H38N2O16. The first-order valence-electron chi connectivity index (χ1n) is 12.6. The average Bonchev–Trinajstić information content (AvgIpc) is 2.90. The molecule has 2 amide bonds. The topological polar surface area (TPSA) is 286 Å². The predicted octanol–water partition coefficient (Wildman–Crippen LogP) is -7.29. The summed E-state index contributed by atoms with van der Waals surface area (Å²) in [7, 11) is 0. The fraction of sp³-hybridized carbons (Fsp3) is 0.909. The quantitative estimate of drug-likeness (QED) is 0.120. The van der Waals surface area contributed by atoms with E-state index in [1.807, 2.05) is 0 Å². The van der Waals surface area contributed by atoms with E-state index in [1.165, 1.54) is 0 Å². The molecule has 15 unspecified atom stereocenters. The minimum absolute atomic E-state index is 0.657. The van der Waals surface area contributed by atoms with Crippen molar-refractivity contribution in [1.82, 2.24) is 10.6 Å². The van der Waals surface area contributed by atoms with Crippen LogP contribution in [0.1, 0.15) is 13.8 Å². The van der Waals surface area contributed by atoms with E-state index in [4.69, 9.17) is 23.7 Å². The molecule has 0 aromatic carbocycles. The van der Waals surface area contributed by atoms with Crippen molar-refractivity contribution >= 4 is 11.8 Å². The highest BCUT2D eigenvalue weighted by Crippen LogP contribution is 2.32. The molecule has 3 fully saturated rings. The molecule has 3 aliphatic rings. The first-order chi connectivity index (χ1) is 18.8. The van der Waals surface area contributed by atoms with Crippen LogP contribution >= 0.6 is 0 Å². The number of rotatable bonds is 9. The molecular weight excluding hydrogens is 548 g/mol. The summed E-state index contributed by atoms with van der Waals surface area (Å²) in [5, 5.41) is 96.5. The van der Waals surface area contributed by atoms with Crippen molar-refractivity contribution in [1.29, 1.82) is 0 Å². The summed E-state index contributed by atoms with van der Waals surface area (Å²) >= 11 is 0. The summed E-state index contributed by atoms with van der Waals surface area (Å²) in [6, 6.07) is -2.92. The van der Waals surface area contributed by atoms with Gasteiger partial charge in [-0.1, -0.05) is 0 Å². The maximum absolute atomic E-state index is 12.1. The van der Waals surface area contributed by atoms with Gasteiger partial charge in [-0.15, -0.1) is 0 Å². The van der Waals surface area contributed by atoms with Crippen LogP contribution in [0.25, 0.3) is 0 Å². The third-order valence-corrected chi connectivity index (χ3v) is 6.90. The lowest BCUT2D eigenvalue weighted by Crippen LogP contribution is -2.70. The number of hydrogen-bond donors (Lipinski definition) is 11. The third-order valence-electron chi connectivity index (χ3n) is 6.90. The SMILES string of the molecule is CC(=O)NC1C(OC2C(O)C(CO)OC(OC3C(O)C(O)OC(CO)C3O)C2NC(C)=O)OC(CO)C(O)C1O. The van der Waals surface area contributed by atoms with Crippen molar-refractivity contribution in [3.05, 3.63) is 0 Å². The average molecular weight is 587 g/mol. The first-order valence-corrected chi connectivity index (χ1v) is 12.6. The largest absolute Gasteiger partial charge is 0.394 e. The van der Waals surface area contributed by atoms with E-state index in [1.54, 1.807) is 0 Å². The highest BCUT2D eigenvalue weighted by Gasteiger charge is 2.54. The molecule has 0 radical (unpaired) electrons. The van der Waals surface area contributed by atoms with E-state index >= 15 is 0 Å². The third kappa shape index (κ3) is 7.05. The van der Waals surface area contributed by atoms with E-state index in [9.17, 15) is 55.5 Å². The predicted molar refractivity (Wildman–Crippen MR) is 124 cm³/mol. The van der Waals surface area contributed by atoms with Gasteiger partial charge in [0.25, 0.3) is 0 Å². The monoisotopic (exact) mass is 586 g/mol. The molecule has 3 aliphatic heterocycles. The Morgan fingerprint density at radius 3 is 1.55 bits per heavy atom. The van der Waals surface area contributed by atoms with E-state index < -0.39 is 124 Å². The number of carbonyl (C=O) groups is 2. The second-order valence-corrected chi connectivity index (χ2v) is 9.81. The molecule has 0 saturated carbocycles. The maximum atomic E-state index is 12.1. The summed E-state index contributed by atoms with van der Waals surface area (Å²) in [4.78, 5) is 23.9. The highest BCUT2D eigenvalue weighted by atomic mass is 16.7. The zero-order valence-corrected chi connectivity index (χ0v) is 21.7. The van der Waals surface area contributed by atoms with Crippen molar-refractivity contribution in [3.63, 3.8) is 0 Å². The van der Waals surface area contributed by atoms with Crippen molar-refractivity contribution in [2.75, 3.05) is 19.8 Å². The van der Waals surface area contributed by atoms with Gasteiger partial charge in [-0.05, 0) is 0 Å². The van der Waals surface area contributed by atoms with Gasteiger partial charge in [-0.25, -0.2) is 0 Å². The molecule has 232 valence electrons. The lowest BCUT2D eigenvalue weighted by molar-refractivity contribution is -0.357. The molecule has 3 heterocycles. The Labute approximate surface area is 228 Å². The standard InChI is InChI=1S/C22H38N2O16/c1-6(28)23-11-16(33)13(30)8(3-25)37-21(11)39-18-12(24-7(2)29)22(38-10(5-27)14(18)31)40-19-15(32)9(4-26)36-20(35)17(19)34/h8-22,25-27,30-35H,3-5H2,1-2H3,(H,23,28)(H,24,29). The maximum Gasteiger partial charge on any atom is 0.217 e. The van der Waals surface area contributed by atoms with Crippen LogP contribution in [0.5, 0.6) is 0 Å². The normalized spacial score (nSPS) is 46.0. The lowest BCUT2D eigenvalue weighted by atomic mass is 9.94. The number of amides is 2.